The Bertz CT molecular complexity index is 481. The summed E-state index contributed by atoms with van der Waals surface area (Å²) in [6.45, 7) is 14.2. The molecule has 4 saturated heterocycles. The first-order valence-corrected chi connectivity index (χ1v) is 10.4. The van der Waals surface area contributed by atoms with Crippen molar-refractivity contribution in [2.24, 2.45) is 0 Å². The molecule has 0 bridgehead atoms. The minimum Gasteiger partial charge on any atom is -0.441 e. The van der Waals surface area contributed by atoms with Crippen LogP contribution in [-0.4, -0.2) is 116 Å². The van der Waals surface area contributed by atoms with E-state index in [1.165, 1.54) is 0 Å². The van der Waals surface area contributed by atoms with Crippen LogP contribution < -0.4 is 0 Å². The molecule has 0 aromatic carbocycles. The van der Waals surface area contributed by atoms with Crippen LogP contribution in [-0.2, 0) is 9.47 Å². The van der Waals surface area contributed by atoms with E-state index in [9.17, 15) is 4.79 Å². The van der Waals surface area contributed by atoms with E-state index in [1.54, 1.807) is 0 Å². The zero-order chi connectivity index (χ0) is 18.0. The number of ether oxygens (including phenoxy) is 2. The predicted molar refractivity (Wildman–Crippen MR) is 99.4 cm³/mol. The predicted octanol–water partition coefficient (Wildman–Crippen LogP) is 0.700. The maximum Gasteiger partial charge on any atom is 0.410 e. The zero-order valence-electron chi connectivity index (χ0n) is 16.2. The fourth-order valence-electron chi connectivity index (χ4n) is 4.82. The highest BCUT2D eigenvalue weighted by Gasteiger charge is 2.47. The minimum atomic E-state index is -0.242. The molecule has 0 radical (unpaired) electrons. The van der Waals surface area contributed by atoms with Crippen LogP contribution in [0.4, 0.5) is 4.79 Å². The van der Waals surface area contributed by atoms with Gasteiger partial charge in [-0.1, -0.05) is 6.92 Å². The van der Waals surface area contributed by atoms with Crippen molar-refractivity contribution in [1.29, 1.82) is 0 Å². The first-order valence-electron chi connectivity index (χ1n) is 10.4. The van der Waals surface area contributed by atoms with Crippen molar-refractivity contribution in [3.05, 3.63) is 0 Å². The quantitative estimate of drug-likeness (QED) is 0.714. The normalized spacial score (nSPS) is 31.0. The Morgan fingerprint density at radius 2 is 1.77 bits per heavy atom. The zero-order valence-corrected chi connectivity index (χ0v) is 16.2. The third kappa shape index (κ3) is 4.01. The van der Waals surface area contributed by atoms with Crippen LogP contribution in [0, 0.1) is 0 Å². The van der Waals surface area contributed by atoms with Crippen molar-refractivity contribution in [2.45, 2.75) is 37.8 Å². The molecule has 26 heavy (non-hydrogen) atoms. The number of rotatable bonds is 5. The van der Waals surface area contributed by atoms with Crippen LogP contribution >= 0.6 is 0 Å². The van der Waals surface area contributed by atoms with Crippen LogP contribution in [0.2, 0.25) is 0 Å². The molecule has 0 N–H and O–H groups in total. The molecule has 1 unspecified atom stereocenters. The topological polar surface area (TPSA) is 48.5 Å². The van der Waals surface area contributed by atoms with Gasteiger partial charge in [-0.25, -0.2) is 4.79 Å². The van der Waals surface area contributed by atoms with Gasteiger partial charge in [0.05, 0.1) is 13.2 Å². The van der Waals surface area contributed by atoms with Gasteiger partial charge in [0.1, 0.15) is 5.60 Å². The molecule has 4 aliphatic heterocycles. The molecule has 7 nitrogen and oxygen atoms in total. The summed E-state index contributed by atoms with van der Waals surface area (Å²) < 4.78 is 11.4. The van der Waals surface area contributed by atoms with Gasteiger partial charge in [0.25, 0.3) is 0 Å². The standard InChI is InChI=1S/C19H34N4O3/c1-2-20-8-10-21(11-9-20)12-13-23-16-19(26-18(23)24)4-6-22(7-5-19)17-3-14-25-15-17/h17H,2-16H2,1H3. The smallest absolute Gasteiger partial charge is 0.410 e. The van der Waals surface area contributed by atoms with Gasteiger partial charge in [-0.15, -0.1) is 0 Å². The number of likely N-dealkylation sites (tertiary alicyclic amines) is 1. The van der Waals surface area contributed by atoms with Gasteiger partial charge in [0.15, 0.2) is 0 Å². The summed E-state index contributed by atoms with van der Waals surface area (Å²) in [5.74, 6) is 0. The number of likely N-dealkylation sites (N-methyl/N-ethyl adjacent to an activating group) is 1. The number of piperazine rings is 1. The molecule has 0 aromatic rings. The van der Waals surface area contributed by atoms with Gasteiger partial charge in [-0.3, -0.25) is 9.80 Å². The Morgan fingerprint density at radius 3 is 2.42 bits per heavy atom. The summed E-state index contributed by atoms with van der Waals surface area (Å²) in [6, 6.07) is 0.572. The maximum atomic E-state index is 12.4. The van der Waals surface area contributed by atoms with Crippen LogP contribution in [0.3, 0.4) is 0 Å². The number of amides is 1. The van der Waals surface area contributed by atoms with Crippen LogP contribution in [0.25, 0.3) is 0 Å². The fraction of sp³-hybridized carbons (Fsp3) is 0.947. The van der Waals surface area contributed by atoms with Gasteiger partial charge in [-0.05, 0) is 13.0 Å². The van der Waals surface area contributed by atoms with Crippen LogP contribution in [0.15, 0.2) is 0 Å². The molecule has 4 heterocycles. The lowest BCUT2D eigenvalue weighted by atomic mass is 9.90. The van der Waals surface area contributed by atoms with Crippen molar-refractivity contribution in [2.75, 3.05) is 78.7 Å². The summed E-state index contributed by atoms with van der Waals surface area (Å²) in [6.07, 6.45) is 2.96. The molecule has 148 valence electrons. The highest BCUT2D eigenvalue weighted by Crippen LogP contribution is 2.34. The van der Waals surface area contributed by atoms with Crippen molar-refractivity contribution in [3.8, 4) is 0 Å². The number of carbonyl (C=O) groups is 1. The van der Waals surface area contributed by atoms with E-state index in [0.29, 0.717) is 6.04 Å². The second-order valence-electron chi connectivity index (χ2n) is 8.30. The highest BCUT2D eigenvalue weighted by atomic mass is 16.6. The number of hydrogen-bond donors (Lipinski definition) is 0. The molecule has 1 spiro atoms. The lowest BCUT2D eigenvalue weighted by molar-refractivity contribution is -0.0112. The Hall–Kier alpha value is -0.890. The number of nitrogens with zero attached hydrogens (tertiary/aromatic N) is 4. The second kappa shape index (κ2) is 8.00. The third-order valence-electron chi connectivity index (χ3n) is 6.77. The molecular weight excluding hydrogens is 332 g/mol. The van der Waals surface area contributed by atoms with Gasteiger partial charge >= 0.3 is 6.09 Å². The molecule has 4 aliphatic rings. The molecule has 4 rings (SSSR count). The Morgan fingerprint density at radius 1 is 1.04 bits per heavy atom. The monoisotopic (exact) mass is 366 g/mol. The lowest BCUT2D eigenvalue weighted by Crippen LogP contribution is -2.51. The average Bonchev–Trinajstić information content (AvgIpc) is 3.30. The summed E-state index contributed by atoms with van der Waals surface area (Å²) in [4.78, 5) is 21.8. The van der Waals surface area contributed by atoms with E-state index < -0.39 is 0 Å². The summed E-state index contributed by atoms with van der Waals surface area (Å²) in [7, 11) is 0. The molecule has 4 fully saturated rings. The highest BCUT2D eigenvalue weighted by molar-refractivity contribution is 5.70. The fourth-order valence-corrected chi connectivity index (χ4v) is 4.82. The lowest BCUT2D eigenvalue weighted by Gasteiger charge is -2.39. The van der Waals surface area contributed by atoms with E-state index in [0.717, 1.165) is 97.9 Å². The van der Waals surface area contributed by atoms with E-state index in [1.807, 2.05) is 4.90 Å². The van der Waals surface area contributed by atoms with Crippen molar-refractivity contribution in [3.63, 3.8) is 0 Å². The number of hydrogen-bond acceptors (Lipinski definition) is 6. The summed E-state index contributed by atoms with van der Waals surface area (Å²) in [5, 5.41) is 0. The average molecular weight is 367 g/mol. The molecular formula is C19H34N4O3. The summed E-state index contributed by atoms with van der Waals surface area (Å²) in [5.41, 5.74) is -0.242. The Balaban J connectivity index is 1.22. The van der Waals surface area contributed by atoms with E-state index in [2.05, 4.69) is 21.6 Å². The largest absolute Gasteiger partial charge is 0.441 e. The molecule has 7 heteroatoms. The van der Waals surface area contributed by atoms with Gasteiger partial charge in [0, 0.05) is 77.8 Å². The minimum absolute atomic E-state index is 0.102. The maximum absolute atomic E-state index is 12.4. The molecule has 1 amide bonds. The number of carbonyl (C=O) groups excluding carboxylic acids is 1. The molecule has 0 aliphatic carbocycles. The summed E-state index contributed by atoms with van der Waals surface area (Å²) >= 11 is 0. The van der Waals surface area contributed by atoms with Gasteiger partial charge in [-0.2, -0.15) is 0 Å². The Kier molecular flexibility index (Phi) is 5.69. The molecule has 0 aromatic heterocycles. The second-order valence-corrected chi connectivity index (χ2v) is 8.30. The first-order chi connectivity index (χ1) is 12.7. The van der Waals surface area contributed by atoms with Crippen molar-refractivity contribution < 1.29 is 14.3 Å². The van der Waals surface area contributed by atoms with Crippen LogP contribution in [0.5, 0.6) is 0 Å². The SMILES string of the molecule is CCN1CCN(CCN2CC3(CCN(C4CCOC4)CC3)OC2=O)CC1. The number of piperidine rings is 1. The first kappa shape index (κ1) is 18.5. The van der Waals surface area contributed by atoms with Crippen LogP contribution in [0.1, 0.15) is 26.2 Å². The van der Waals surface area contributed by atoms with E-state index in [-0.39, 0.29) is 11.7 Å². The van der Waals surface area contributed by atoms with Crippen molar-refractivity contribution >= 4 is 6.09 Å². The third-order valence-corrected chi connectivity index (χ3v) is 6.77. The van der Waals surface area contributed by atoms with Gasteiger partial charge in [0.2, 0.25) is 0 Å². The van der Waals surface area contributed by atoms with Crippen molar-refractivity contribution in [1.82, 2.24) is 19.6 Å². The molecule has 0 saturated carbocycles. The van der Waals surface area contributed by atoms with Gasteiger partial charge < -0.3 is 19.3 Å². The van der Waals surface area contributed by atoms with E-state index >= 15 is 0 Å². The molecule has 1 atom stereocenters. The Labute approximate surface area is 157 Å². The van der Waals surface area contributed by atoms with E-state index in [4.69, 9.17) is 9.47 Å².